The lowest BCUT2D eigenvalue weighted by Gasteiger charge is -2.23. The van der Waals surface area contributed by atoms with E-state index in [4.69, 9.17) is 4.74 Å². The van der Waals surface area contributed by atoms with E-state index in [2.05, 4.69) is 5.32 Å². The van der Waals surface area contributed by atoms with Crippen molar-refractivity contribution in [3.05, 3.63) is 0 Å². The molecule has 108 valence electrons. The first-order valence-corrected chi connectivity index (χ1v) is 7.36. The highest BCUT2D eigenvalue weighted by Gasteiger charge is 2.24. The highest BCUT2D eigenvalue weighted by molar-refractivity contribution is 7.86. The summed E-state index contributed by atoms with van der Waals surface area (Å²) >= 11 is 0. The molecule has 0 bridgehead atoms. The second-order valence-corrected chi connectivity index (χ2v) is 7.09. The molecule has 0 aliphatic rings. The van der Waals surface area contributed by atoms with Crippen LogP contribution in [-0.2, 0) is 15.0 Å². The molecule has 0 unspecified atom stereocenters. The Kier molecular flexibility index (Phi) is 6.06. The number of hydrogen-bond acceptors (Lipinski definition) is 4. The van der Waals surface area contributed by atoms with Crippen molar-refractivity contribution in [2.45, 2.75) is 52.7 Å². The Morgan fingerprint density at radius 3 is 2.17 bits per heavy atom. The number of amides is 1. The molecule has 0 saturated heterocycles. The van der Waals surface area contributed by atoms with Crippen LogP contribution in [0.4, 0.5) is 8.68 Å². The van der Waals surface area contributed by atoms with Crippen LogP contribution in [0.3, 0.4) is 0 Å². The molecule has 5 nitrogen and oxygen atoms in total. The summed E-state index contributed by atoms with van der Waals surface area (Å²) in [6.45, 7) is 8.78. The Balaban J connectivity index is 4.55. The molecule has 0 aliphatic heterocycles. The fourth-order valence-electron chi connectivity index (χ4n) is 1.45. The van der Waals surface area contributed by atoms with Crippen molar-refractivity contribution in [1.29, 1.82) is 0 Å². The van der Waals surface area contributed by atoms with Gasteiger partial charge in [0.2, 0.25) is 0 Å². The van der Waals surface area contributed by atoms with E-state index in [0.717, 1.165) is 0 Å². The second kappa shape index (κ2) is 6.36. The molecule has 1 atom stereocenters. The summed E-state index contributed by atoms with van der Waals surface area (Å²) in [6, 6.07) is -0.783. The van der Waals surface area contributed by atoms with E-state index in [-0.39, 0.29) is 5.92 Å². The average Bonchev–Trinajstić information content (AvgIpc) is 1.92. The van der Waals surface area contributed by atoms with Gasteiger partial charge in [0.15, 0.2) is 0 Å². The van der Waals surface area contributed by atoms with Crippen LogP contribution in [-0.4, -0.2) is 31.9 Å². The topological polar surface area (TPSA) is 72.5 Å². The van der Waals surface area contributed by atoms with Gasteiger partial charge >= 0.3 is 16.3 Å². The molecule has 0 fully saturated rings. The van der Waals surface area contributed by atoms with Gasteiger partial charge in [-0.2, -0.15) is 8.42 Å². The minimum Gasteiger partial charge on any atom is -0.444 e. The van der Waals surface area contributed by atoms with E-state index in [1.807, 2.05) is 13.8 Å². The van der Waals surface area contributed by atoms with Gasteiger partial charge in [-0.05, 0) is 33.1 Å². The van der Waals surface area contributed by atoms with Crippen LogP contribution in [0.25, 0.3) is 0 Å². The van der Waals surface area contributed by atoms with Gasteiger partial charge in [-0.1, -0.05) is 13.8 Å². The van der Waals surface area contributed by atoms with E-state index in [1.54, 1.807) is 20.8 Å². The Hall–Kier alpha value is -0.850. The molecule has 18 heavy (non-hydrogen) atoms. The third-order valence-electron chi connectivity index (χ3n) is 1.88. The lowest BCUT2D eigenvalue weighted by molar-refractivity contribution is 0.0504. The van der Waals surface area contributed by atoms with Gasteiger partial charge in [0, 0.05) is 6.04 Å². The predicted molar refractivity (Wildman–Crippen MR) is 67.5 cm³/mol. The van der Waals surface area contributed by atoms with Gasteiger partial charge in [0.1, 0.15) is 11.4 Å². The third kappa shape index (κ3) is 10.3. The zero-order valence-electron chi connectivity index (χ0n) is 11.5. The van der Waals surface area contributed by atoms with E-state index in [0.29, 0.717) is 6.42 Å². The predicted octanol–water partition coefficient (Wildman–Crippen LogP) is 2.23. The quantitative estimate of drug-likeness (QED) is 0.785. The summed E-state index contributed by atoms with van der Waals surface area (Å²) in [5.74, 6) is -0.601. The lowest BCUT2D eigenvalue weighted by Crippen LogP contribution is -2.42. The molecule has 7 heteroatoms. The van der Waals surface area contributed by atoms with E-state index < -0.39 is 33.7 Å². The van der Waals surface area contributed by atoms with Gasteiger partial charge < -0.3 is 10.1 Å². The van der Waals surface area contributed by atoms with Gasteiger partial charge in [-0.3, -0.25) is 0 Å². The first-order chi connectivity index (χ1) is 7.89. The first-order valence-electron chi connectivity index (χ1n) is 5.81. The van der Waals surface area contributed by atoms with E-state index >= 15 is 0 Å². The summed E-state index contributed by atoms with van der Waals surface area (Å²) in [7, 11) is -4.63. The summed E-state index contributed by atoms with van der Waals surface area (Å²) in [5.41, 5.74) is -0.680. The van der Waals surface area contributed by atoms with Crippen LogP contribution < -0.4 is 5.32 Å². The van der Waals surface area contributed by atoms with Crippen LogP contribution in [0.15, 0.2) is 0 Å². The van der Waals surface area contributed by atoms with Crippen LogP contribution in [0.2, 0.25) is 0 Å². The molecule has 1 N–H and O–H groups in total. The molecular weight excluding hydrogens is 261 g/mol. The smallest absolute Gasteiger partial charge is 0.407 e. The van der Waals surface area contributed by atoms with E-state index in [1.165, 1.54) is 0 Å². The molecule has 0 aromatic rings. The summed E-state index contributed by atoms with van der Waals surface area (Å²) in [4.78, 5) is 11.5. The third-order valence-corrected chi connectivity index (χ3v) is 2.68. The monoisotopic (exact) mass is 283 g/mol. The largest absolute Gasteiger partial charge is 0.444 e. The van der Waals surface area contributed by atoms with Crippen LogP contribution in [0.5, 0.6) is 0 Å². The maximum Gasteiger partial charge on any atom is 0.407 e. The molecule has 0 aliphatic carbocycles. The lowest BCUT2D eigenvalue weighted by atomic mass is 10.1. The number of carbonyl (C=O) groups is 1. The van der Waals surface area contributed by atoms with E-state index in [9.17, 15) is 17.1 Å². The van der Waals surface area contributed by atoms with Gasteiger partial charge in [0.25, 0.3) is 0 Å². The second-order valence-electron chi connectivity index (χ2n) is 5.68. The van der Waals surface area contributed by atoms with Crippen LogP contribution in [0, 0.1) is 5.92 Å². The van der Waals surface area contributed by atoms with Crippen molar-refractivity contribution in [2.75, 3.05) is 5.75 Å². The Morgan fingerprint density at radius 1 is 1.33 bits per heavy atom. The fraction of sp³-hybridized carbons (Fsp3) is 0.909. The normalized spacial score (nSPS) is 14.4. The maximum absolute atomic E-state index is 12.7. The molecule has 0 radical (unpaired) electrons. The van der Waals surface area contributed by atoms with Gasteiger partial charge in [-0.25, -0.2) is 4.79 Å². The summed E-state index contributed by atoms with van der Waals surface area (Å²) < 4.78 is 38.9. The standard InChI is InChI=1S/C11H22FNO4S/c1-8(2)6-9(7-18(12,15)16)13-10(14)17-11(3,4)5/h8-9H,6-7H2,1-5H3,(H,13,14)/t9-/m0/s1. The number of halogens is 1. The van der Waals surface area contributed by atoms with Crippen molar-refractivity contribution >= 4 is 16.3 Å². The number of ether oxygens (including phenoxy) is 1. The number of hydrogen-bond donors (Lipinski definition) is 1. The maximum atomic E-state index is 12.7. The van der Waals surface area contributed by atoms with Crippen LogP contribution in [0.1, 0.15) is 41.0 Å². The minimum absolute atomic E-state index is 0.131. The number of alkyl carbamates (subject to hydrolysis) is 1. The van der Waals surface area contributed by atoms with Crippen molar-refractivity contribution in [3.63, 3.8) is 0 Å². The molecule has 0 aromatic carbocycles. The highest BCUT2D eigenvalue weighted by Crippen LogP contribution is 2.11. The van der Waals surface area contributed by atoms with Crippen molar-refractivity contribution in [2.24, 2.45) is 5.92 Å². The van der Waals surface area contributed by atoms with Gasteiger partial charge in [0.05, 0.1) is 0 Å². The Labute approximate surface area is 108 Å². The van der Waals surface area contributed by atoms with Crippen molar-refractivity contribution in [3.8, 4) is 0 Å². The summed E-state index contributed by atoms with van der Waals surface area (Å²) in [5, 5.41) is 2.38. The Bertz CT molecular complexity index is 373. The molecular formula is C11H22FNO4S. The van der Waals surface area contributed by atoms with Crippen molar-refractivity contribution in [1.82, 2.24) is 5.32 Å². The molecule has 0 aromatic heterocycles. The number of rotatable bonds is 5. The number of nitrogens with one attached hydrogen (secondary N) is 1. The Morgan fingerprint density at radius 2 is 1.83 bits per heavy atom. The fourth-order valence-corrected chi connectivity index (χ4v) is 2.15. The zero-order chi connectivity index (χ0) is 14.6. The molecule has 1 amide bonds. The zero-order valence-corrected chi connectivity index (χ0v) is 12.3. The summed E-state index contributed by atoms with van der Waals surface area (Å²) in [6.07, 6.45) is -0.376. The first kappa shape index (κ1) is 17.2. The average molecular weight is 283 g/mol. The highest BCUT2D eigenvalue weighted by atomic mass is 32.3. The molecule has 0 heterocycles. The molecule has 0 rings (SSSR count). The minimum atomic E-state index is -4.63. The van der Waals surface area contributed by atoms with Crippen molar-refractivity contribution < 1.29 is 21.8 Å². The van der Waals surface area contributed by atoms with Gasteiger partial charge in [-0.15, -0.1) is 3.89 Å². The SMILES string of the molecule is CC(C)C[C@@H](CS(=O)(=O)F)NC(=O)OC(C)(C)C. The molecule has 0 saturated carbocycles. The van der Waals surface area contributed by atoms with Crippen LogP contribution >= 0.6 is 0 Å². The number of carbonyl (C=O) groups excluding carboxylic acids is 1. The molecule has 0 spiro atoms.